The second-order valence-electron chi connectivity index (χ2n) is 11.7. The maximum atomic E-state index is 14.3. The highest BCUT2D eigenvalue weighted by molar-refractivity contribution is 6.06. The summed E-state index contributed by atoms with van der Waals surface area (Å²) in [6.45, 7) is 5.25. The first-order chi connectivity index (χ1) is 21.8. The topological polar surface area (TPSA) is 151 Å². The lowest BCUT2D eigenvalue weighted by molar-refractivity contribution is -0.117. The van der Waals surface area contributed by atoms with E-state index in [0.717, 1.165) is 52.5 Å². The maximum absolute atomic E-state index is 14.3. The summed E-state index contributed by atoms with van der Waals surface area (Å²) in [6.07, 6.45) is 7.30. The first-order valence-electron chi connectivity index (χ1n) is 15.0. The van der Waals surface area contributed by atoms with Gasteiger partial charge in [-0.3, -0.25) is 14.4 Å². The third-order valence-corrected chi connectivity index (χ3v) is 8.07. The predicted molar refractivity (Wildman–Crippen MR) is 168 cm³/mol. The summed E-state index contributed by atoms with van der Waals surface area (Å²) in [6, 6.07) is 8.04. The second kappa shape index (κ2) is 11.8. The molecule has 1 amide bonds. The van der Waals surface area contributed by atoms with Crippen molar-refractivity contribution in [3.05, 3.63) is 59.9 Å². The van der Waals surface area contributed by atoms with Gasteiger partial charge in [0.2, 0.25) is 23.6 Å². The van der Waals surface area contributed by atoms with Crippen molar-refractivity contribution in [1.29, 1.82) is 0 Å². The molecule has 2 fully saturated rings. The highest BCUT2D eigenvalue weighted by Crippen LogP contribution is 2.33. The highest BCUT2D eigenvalue weighted by Gasteiger charge is 2.28. The Morgan fingerprint density at radius 1 is 1.13 bits per heavy atom. The molecule has 14 heteroatoms. The molecule has 1 atom stereocenters. The molecule has 4 aromatic heterocycles. The molecule has 1 aliphatic heterocycles. The van der Waals surface area contributed by atoms with Crippen LogP contribution in [0.25, 0.3) is 22.2 Å². The normalized spacial score (nSPS) is 16.7. The zero-order valence-electron chi connectivity index (χ0n) is 25.3. The molecule has 5 heterocycles. The molecule has 0 bridgehead atoms. The van der Waals surface area contributed by atoms with Gasteiger partial charge in [-0.05, 0) is 44.7 Å². The average Bonchev–Trinajstić information content (AvgIpc) is 3.38. The summed E-state index contributed by atoms with van der Waals surface area (Å²) < 4.78 is 22.0. The Bertz CT molecular complexity index is 1860. The number of carbonyl (C=O) groups excluding carboxylic acids is 1. The molecule has 1 aliphatic carbocycles. The van der Waals surface area contributed by atoms with Crippen LogP contribution >= 0.6 is 0 Å². The number of rotatable bonds is 10. The van der Waals surface area contributed by atoms with E-state index in [2.05, 4.69) is 41.0 Å². The van der Waals surface area contributed by atoms with Gasteiger partial charge in [-0.15, -0.1) is 0 Å². The van der Waals surface area contributed by atoms with Crippen LogP contribution in [0.5, 0.6) is 5.88 Å². The van der Waals surface area contributed by atoms with E-state index in [-0.39, 0.29) is 24.4 Å². The lowest BCUT2D eigenvalue weighted by atomic mass is 10.1. The molecule has 45 heavy (non-hydrogen) atoms. The molecule has 13 nitrogen and oxygen atoms in total. The number of hydrogen-bond acceptors (Lipinski definition) is 10. The van der Waals surface area contributed by atoms with Crippen molar-refractivity contribution >= 4 is 40.2 Å². The quantitative estimate of drug-likeness (QED) is 0.180. The number of halogens is 1. The molecule has 2 aliphatic rings. The van der Waals surface area contributed by atoms with Gasteiger partial charge in [0.1, 0.15) is 6.10 Å². The van der Waals surface area contributed by atoms with E-state index in [4.69, 9.17) is 9.72 Å². The molecule has 1 saturated heterocycles. The van der Waals surface area contributed by atoms with Crippen molar-refractivity contribution < 1.29 is 13.9 Å². The molecule has 0 spiro atoms. The molecule has 232 valence electrons. The van der Waals surface area contributed by atoms with E-state index in [9.17, 15) is 9.18 Å². The fourth-order valence-corrected chi connectivity index (χ4v) is 5.47. The van der Waals surface area contributed by atoms with Crippen molar-refractivity contribution in [3.63, 3.8) is 0 Å². The number of aromatic amines is 1. The highest BCUT2D eigenvalue weighted by atomic mass is 19.1. The number of nitrogens with one attached hydrogen (secondary N) is 4. The van der Waals surface area contributed by atoms with E-state index in [1.807, 2.05) is 56.3 Å². The summed E-state index contributed by atoms with van der Waals surface area (Å²) in [7, 11) is 1.88. The molecular formula is C31H34FN11O2. The number of hydrogen-bond donors (Lipinski definition) is 4. The summed E-state index contributed by atoms with van der Waals surface area (Å²) >= 11 is 0. The molecule has 0 unspecified atom stereocenters. The number of anilines is 4. The van der Waals surface area contributed by atoms with E-state index in [0.29, 0.717) is 49.0 Å². The summed E-state index contributed by atoms with van der Waals surface area (Å²) in [5.41, 5.74) is 5.06. The molecule has 0 radical (unpaired) electrons. The van der Waals surface area contributed by atoms with Gasteiger partial charge in [0.05, 0.1) is 29.6 Å². The Morgan fingerprint density at radius 3 is 2.78 bits per heavy atom. The van der Waals surface area contributed by atoms with Crippen LogP contribution in [0.2, 0.25) is 0 Å². The van der Waals surface area contributed by atoms with Gasteiger partial charge in [0.15, 0.2) is 5.82 Å². The smallest absolute Gasteiger partial charge is 0.255 e. The van der Waals surface area contributed by atoms with Crippen LogP contribution in [-0.2, 0) is 11.8 Å². The number of ether oxygens (including phenoxy) is 1. The summed E-state index contributed by atoms with van der Waals surface area (Å²) in [5, 5.41) is 14.7. The minimum absolute atomic E-state index is 0.0627. The number of benzene rings is 1. The summed E-state index contributed by atoms with van der Waals surface area (Å²) in [4.78, 5) is 35.9. The first-order valence-corrected chi connectivity index (χ1v) is 15.0. The van der Waals surface area contributed by atoms with E-state index in [1.165, 1.54) is 0 Å². The number of para-hydroxylation sites is 1. The van der Waals surface area contributed by atoms with Crippen molar-refractivity contribution in [2.45, 2.75) is 45.3 Å². The van der Waals surface area contributed by atoms with Crippen molar-refractivity contribution in [1.82, 2.24) is 39.6 Å². The molecule has 7 rings (SSSR count). The van der Waals surface area contributed by atoms with E-state index in [1.54, 1.807) is 10.9 Å². The summed E-state index contributed by atoms with van der Waals surface area (Å²) in [5.74, 6) is 0.667. The number of amides is 1. The average molecular weight is 612 g/mol. The van der Waals surface area contributed by atoms with Gasteiger partial charge in [-0.25, -0.2) is 15.0 Å². The Morgan fingerprint density at radius 2 is 1.98 bits per heavy atom. The largest absolute Gasteiger partial charge is 0.471 e. The van der Waals surface area contributed by atoms with Crippen LogP contribution < -0.4 is 20.7 Å². The first kappa shape index (κ1) is 28.6. The lowest BCUT2D eigenvalue weighted by Crippen LogP contribution is -2.33. The third kappa shape index (κ3) is 6.27. The van der Waals surface area contributed by atoms with E-state index < -0.39 is 5.82 Å². The number of carbonyl (C=O) groups is 1. The monoisotopic (exact) mass is 611 g/mol. The number of likely N-dealkylation sites (tertiary alicyclic amines) is 1. The van der Waals surface area contributed by atoms with Crippen LogP contribution in [0.1, 0.15) is 30.5 Å². The standard InChI is InChI=1S/C31H34FN11O2/c1-17-12-34-31(38-25-11-18(2)42(3)41-25)39-27(17)22-13-33-28-21(22)5-4-6-24(28)37-26(44)16-43-10-9-20(15-43)45-29-23(32)14-35-30(40-29)36-19-7-8-19/h4-6,11-14,19-20,33H,7-10,15-16H2,1-3H3,(H,37,44)(H,35,36,40)(H,34,38,39,41)/t20-/m0/s1. The molecule has 1 saturated carbocycles. The Kier molecular flexibility index (Phi) is 7.49. The van der Waals surface area contributed by atoms with E-state index >= 15 is 0 Å². The second-order valence-corrected chi connectivity index (χ2v) is 11.7. The Hall–Kier alpha value is -5.11. The van der Waals surface area contributed by atoms with Crippen molar-refractivity contribution in [2.24, 2.45) is 7.05 Å². The third-order valence-electron chi connectivity index (χ3n) is 8.07. The van der Waals surface area contributed by atoms with Crippen LogP contribution in [0.4, 0.5) is 27.8 Å². The van der Waals surface area contributed by atoms with Gasteiger partial charge >= 0.3 is 0 Å². The number of H-pyrrole nitrogens is 1. The number of nitrogens with zero attached hydrogens (tertiary/aromatic N) is 7. The maximum Gasteiger partial charge on any atom is 0.255 e. The molecular weight excluding hydrogens is 577 g/mol. The van der Waals surface area contributed by atoms with Crippen LogP contribution in [0, 0.1) is 19.7 Å². The number of aryl methyl sites for hydroxylation is 3. The van der Waals surface area contributed by atoms with Gasteiger partial charge in [0.25, 0.3) is 5.88 Å². The molecule has 1 aromatic carbocycles. The van der Waals surface area contributed by atoms with Gasteiger partial charge in [0, 0.05) is 61.3 Å². The molecule has 5 aromatic rings. The fraction of sp³-hybridized carbons (Fsp3) is 0.355. The minimum atomic E-state index is -0.598. The van der Waals surface area contributed by atoms with Gasteiger partial charge in [-0.2, -0.15) is 14.5 Å². The van der Waals surface area contributed by atoms with Crippen LogP contribution in [-0.4, -0.2) is 77.3 Å². The zero-order valence-corrected chi connectivity index (χ0v) is 25.3. The minimum Gasteiger partial charge on any atom is -0.471 e. The SMILES string of the molecule is Cc1cnc(Nc2cc(C)n(C)n2)nc1-c1c[nH]c2c(NC(=O)CN3CC[C@H](Oc4nc(NC5CC5)ncc4F)C3)cccc12. The lowest BCUT2D eigenvalue weighted by Gasteiger charge is -2.17. The Balaban J connectivity index is 1.01. The van der Waals surface area contributed by atoms with Crippen LogP contribution in [0.15, 0.2) is 42.9 Å². The fourth-order valence-electron chi connectivity index (χ4n) is 5.47. The zero-order chi connectivity index (χ0) is 31.1. The van der Waals surface area contributed by atoms with Crippen LogP contribution in [0.3, 0.4) is 0 Å². The molecule has 4 N–H and O–H groups in total. The van der Waals surface area contributed by atoms with Gasteiger partial charge < -0.3 is 25.7 Å². The number of aromatic nitrogens is 7. The van der Waals surface area contributed by atoms with Crippen molar-refractivity contribution in [3.8, 4) is 17.1 Å². The number of fused-ring (bicyclic) bond motifs is 1. The Labute approximate surface area is 258 Å². The van der Waals surface area contributed by atoms with Gasteiger partial charge in [-0.1, -0.05) is 12.1 Å². The predicted octanol–water partition coefficient (Wildman–Crippen LogP) is 4.31. The van der Waals surface area contributed by atoms with Crippen molar-refractivity contribution in [2.75, 3.05) is 35.6 Å².